The van der Waals surface area contributed by atoms with Crippen molar-refractivity contribution in [2.45, 2.75) is 37.6 Å². The molecule has 1 aromatic carbocycles. The first-order valence-corrected chi connectivity index (χ1v) is 12.2. The number of benzene rings is 1. The highest BCUT2D eigenvalue weighted by molar-refractivity contribution is 5.96. The number of carbonyl (C=O) groups excluding carboxylic acids is 1. The molecular weight excluding hydrogens is 458 g/mol. The van der Waals surface area contributed by atoms with Crippen LogP contribution >= 0.6 is 0 Å². The third-order valence-corrected chi connectivity index (χ3v) is 6.95. The first-order chi connectivity index (χ1) is 17.5. The largest absolute Gasteiger partial charge is 0.364 e. The van der Waals surface area contributed by atoms with Crippen LogP contribution in [-0.4, -0.2) is 48.5 Å². The molecule has 6 rings (SSSR count). The number of nitrogens with one attached hydrogen (secondary N) is 1. The number of aromatic nitrogens is 6. The highest BCUT2D eigenvalue weighted by Gasteiger charge is 2.27. The normalized spacial score (nSPS) is 17.9. The minimum absolute atomic E-state index is 0.0174. The molecule has 0 unspecified atom stereocenters. The molecule has 1 amide bonds. The van der Waals surface area contributed by atoms with Gasteiger partial charge in [0.15, 0.2) is 11.5 Å². The van der Waals surface area contributed by atoms with Crippen LogP contribution in [0.25, 0.3) is 10.8 Å². The maximum Gasteiger partial charge on any atom is 0.273 e. The number of nitrogens with zero attached hydrogens (tertiary/aromatic N) is 7. The lowest BCUT2D eigenvalue weighted by Gasteiger charge is -2.33. The molecular formula is C25H27N9O2. The summed E-state index contributed by atoms with van der Waals surface area (Å²) in [5, 5.41) is 17.2. The molecule has 0 radical (unpaired) electrons. The van der Waals surface area contributed by atoms with E-state index in [1.54, 1.807) is 24.1 Å². The van der Waals surface area contributed by atoms with E-state index >= 15 is 0 Å². The van der Waals surface area contributed by atoms with Crippen LogP contribution in [-0.2, 0) is 7.05 Å². The fourth-order valence-electron chi connectivity index (χ4n) is 4.93. The zero-order valence-electron chi connectivity index (χ0n) is 20.0. The van der Waals surface area contributed by atoms with Gasteiger partial charge in [-0.05, 0) is 54.7 Å². The van der Waals surface area contributed by atoms with Crippen molar-refractivity contribution in [2.24, 2.45) is 12.8 Å². The number of amides is 1. The second-order valence-electron chi connectivity index (χ2n) is 9.59. The number of pyridine rings is 1. The summed E-state index contributed by atoms with van der Waals surface area (Å²) in [6.07, 6.45) is 9.47. The Balaban J connectivity index is 1.28. The first kappa shape index (κ1) is 22.2. The Morgan fingerprint density at radius 1 is 1.17 bits per heavy atom. The Bertz CT molecular complexity index is 1520. The molecule has 11 nitrogen and oxygen atoms in total. The number of primary amides is 1. The topological polar surface area (TPSA) is 137 Å². The average Bonchev–Trinajstić information content (AvgIpc) is 3.66. The van der Waals surface area contributed by atoms with Crippen molar-refractivity contribution in [1.29, 1.82) is 0 Å². The van der Waals surface area contributed by atoms with Gasteiger partial charge in [-0.2, -0.15) is 10.1 Å². The summed E-state index contributed by atoms with van der Waals surface area (Å²) in [6, 6.07) is 8.22. The van der Waals surface area contributed by atoms with Gasteiger partial charge in [0.05, 0.1) is 17.9 Å². The van der Waals surface area contributed by atoms with E-state index in [-0.39, 0.29) is 23.1 Å². The summed E-state index contributed by atoms with van der Waals surface area (Å²) in [5.74, 6) is 0.517. The number of aryl methyl sites for hydroxylation is 1. The van der Waals surface area contributed by atoms with E-state index in [9.17, 15) is 9.59 Å². The van der Waals surface area contributed by atoms with Crippen LogP contribution in [0.5, 0.6) is 0 Å². The molecule has 184 valence electrons. The van der Waals surface area contributed by atoms with Crippen LogP contribution in [0.1, 0.15) is 53.7 Å². The van der Waals surface area contributed by atoms with E-state index < -0.39 is 5.91 Å². The molecule has 2 aliphatic rings. The number of anilines is 3. The first-order valence-electron chi connectivity index (χ1n) is 12.2. The molecule has 4 aromatic rings. The fourth-order valence-corrected chi connectivity index (χ4v) is 4.93. The molecule has 11 heteroatoms. The number of carbonyl (C=O) groups is 1. The molecule has 1 aliphatic carbocycles. The second kappa shape index (κ2) is 8.74. The van der Waals surface area contributed by atoms with Gasteiger partial charge in [-0.25, -0.2) is 0 Å². The Hall–Kier alpha value is -4.28. The van der Waals surface area contributed by atoms with Gasteiger partial charge in [-0.1, -0.05) is 12.1 Å². The lowest BCUT2D eigenvalue weighted by Crippen LogP contribution is -2.40. The van der Waals surface area contributed by atoms with Crippen LogP contribution < -0.4 is 21.5 Å². The van der Waals surface area contributed by atoms with Crippen LogP contribution in [0.3, 0.4) is 0 Å². The van der Waals surface area contributed by atoms with Gasteiger partial charge in [-0.3, -0.25) is 14.3 Å². The van der Waals surface area contributed by atoms with Crippen molar-refractivity contribution in [3.05, 3.63) is 64.5 Å². The molecule has 1 atom stereocenters. The summed E-state index contributed by atoms with van der Waals surface area (Å²) in [5.41, 5.74) is 7.44. The lowest BCUT2D eigenvalue weighted by atomic mass is 10.0. The van der Waals surface area contributed by atoms with Gasteiger partial charge in [0.25, 0.3) is 11.5 Å². The molecule has 0 bridgehead atoms. The van der Waals surface area contributed by atoms with Crippen LogP contribution in [0, 0.1) is 0 Å². The molecule has 4 heterocycles. The monoisotopic (exact) mass is 485 g/mol. The van der Waals surface area contributed by atoms with E-state index in [0.717, 1.165) is 23.6 Å². The number of nitrogens with two attached hydrogens (primary N) is 1. The van der Waals surface area contributed by atoms with Crippen molar-refractivity contribution < 1.29 is 4.79 Å². The smallest absolute Gasteiger partial charge is 0.273 e. The molecule has 3 aromatic heterocycles. The quantitative estimate of drug-likeness (QED) is 0.425. The summed E-state index contributed by atoms with van der Waals surface area (Å²) < 4.78 is 3.45. The maximum absolute atomic E-state index is 13.4. The van der Waals surface area contributed by atoms with E-state index in [0.29, 0.717) is 30.6 Å². The number of hydrogen-bond donors (Lipinski definition) is 2. The third-order valence-electron chi connectivity index (χ3n) is 6.95. The molecule has 1 saturated carbocycles. The van der Waals surface area contributed by atoms with Crippen LogP contribution in [0.15, 0.2) is 47.7 Å². The van der Waals surface area contributed by atoms with Gasteiger partial charge in [0.1, 0.15) is 0 Å². The molecule has 1 saturated heterocycles. The number of fused-ring (bicyclic) bond motifs is 1. The Labute approximate surface area is 207 Å². The summed E-state index contributed by atoms with van der Waals surface area (Å²) in [7, 11) is 1.79. The van der Waals surface area contributed by atoms with Crippen molar-refractivity contribution >= 4 is 34.1 Å². The van der Waals surface area contributed by atoms with Crippen molar-refractivity contribution in [3.63, 3.8) is 0 Å². The maximum atomic E-state index is 13.4. The zero-order valence-corrected chi connectivity index (χ0v) is 20.0. The fraction of sp³-hybridized carbons (Fsp3) is 0.360. The summed E-state index contributed by atoms with van der Waals surface area (Å²) >= 11 is 0. The van der Waals surface area contributed by atoms with E-state index in [1.807, 2.05) is 27.8 Å². The van der Waals surface area contributed by atoms with Gasteiger partial charge < -0.3 is 20.5 Å². The zero-order chi connectivity index (χ0) is 24.8. The average molecular weight is 486 g/mol. The molecule has 2 fully saturated rings. The molecule has 3 N–H and O–H groups in total. The SMILES string of the molecule is Cn1cc(Nc2nc(N3CCC[C@@H](n4ccc5cc(C6CC6)ccc5c4=O)C3)nnc2C(N)=O)cn1. The van der Waals surface area contributed by atoms with E-state index in [1.165, 1.54) is 18.4 Å². The lowest BCUT2D eigenvalue weighted by molar-refractivity contribution is 0.0995. The third kappa shape index (κ3) is 4.16. The molecule has 1 aliphatic heterocycles. The second-order valence-corrected chi connectivity index (χ2v) is 9.59. The minimum atomic E-state index is -0.725. The predicted octanol–water partition coefficient (Wildman–Crippen LogP) is 2.48. The number of hydrogen-bond acceptors (Lipinski definition) is 8. The predicted molar refractivity (Wildman–Crippen MR) is 136 cm³/mol. The summed E-state index contributed by atoms with van der Waals surface area (Å²) in [4.78, 5) is 31.9. The van der Waals surface area contributed by atoms with Gasteiger partial charge in [-0.15, -0.1) is 10.2 Å². The minimum Gasteiger partial charge on any atom is -0.364 e. The highest BCUT2D eigenvalue weighted by atomic mass is 16.1. The molecule has 0 spiro atoms. The standard InChI is InChI=1S/C25H27N9O2/c1-32-13-18(12-27-32)28-23-21(22(26)35)30-31-25(29-23)33-9-2-3-19(14-33)34-10-8-17-11-16(15-4-5-15)6-7-20(17)24(34)36/h6-8,10-13,15,19H,2-5,9,14H2,1H3,(H2,26,35)(H,28,29,31)/t19-/m1/s1. The Morgan fingerprint density at radius 3 is 2.78 bits per heavy atom. The Kier molecular flexibility index (Phi) is 5.39. The van der Waals surface area contributed by atoms with Crippen molar-refractivity contribution in [3.8, 4) is 0 Å². The number of piperidine rings is 1. The van der Waals surface area contributed by atoms with E-state index in [4.69, 9.17) is 5.73 Å². The van der Waals surface area contributed by atoms with Crippen LogP contribution in [0.2, 0.25) is 0 Å². The highest BCUT2D eigenvalue weighted by Crippen LogP contribution is 2.40. The summed E-state index contributed by atoms with van der Waals surface area (Å²) in [6.45, 7) is 1.27. The van der Waals surface area contributed by atoms with Crippen molar-refractivity contribution in [1.82, 2.24) is 29.5 Å². The molecule has 36 heavy (non-hydrogen) atoms. The van der Waals surface area contributed by atoms with Crippen molar-refractivity contribution in [2.75, 3.05) is 23.3 Å². The Morgan fingerprint density at radius 2 is 2.03 bits per heavy atom. The van der Waals surface area contributed by atoms with E-state index in [2.05, 4.69) is 37.7 Å². The van der Waals surface area contributed by atoms with Gasteiger partial charge in [0, 0.05) is 37.9 Å². The van der Waals surface area contributed by atoms with Gasteiger partial charge >= 0.3 is 0 Å². The van der Waals surface area contributed by atoms with Crippen LogP contribution in [0.4, 0.5) is 17.5 Å². The number of rotatable bonds is 6. The van der Waals surface area contributed by atoms with Gasteiger partial charge in [0.2, 0.25) is 5.95 Å².